The van der Waals surface area contributed by atoms with Crippen molar-refractivity contribution in [2.45, 2.75) is 37.8 Å². The van der Waals surface area contributed by atoms with Crippen molar-refractivity contribution in [2.24, 2.45) is 7.05 Å². The smallest absolute Gasteiger partial charge is 0.251 e. The second-order valence-corrected chi connectivity index (χ2v) is 7.28. The van der Waals surface area contributed by atoms with Crippen LogP contribution in [0, 0.1) is 0 Å². The van der Waals surface area contributed by atoms with Crippen molar-refractivity contribution in [3.63, 3.8) is 0 Å². The summed E-state index contributed by atoms with van der Waals surface area (Å²) in [5.41, 5.74) is 0.223. The number of rotatable bonds is 4. The number of fused-ring (bicyclic) bond motifs is 1. The predicted octanol–water partition coefficient (Wildman–Crippen LogP) is 3.05. The molecule has 28 heavy (non-hydrogen) atoms. The van der Waals surface area contributed by atoms with E-state index in [1.807, 2.05) is 30.5 Å². The third-order valence-electron chi connectivity index (χ3n) is 5.31. The van der Waals surface area contributed by atoms with Crippen LogP contribution in [0.4, 0.5) is 0 Å². The summed E-state index contributed by atoms with van der Waals surface area (Å²) in [5, 5.41) is 5.18. The average molecular weight is 377 g/mol. The van der Waals surface area contributed by atoms with E-state index in [0.717, 1.165) is 42.2 Å². The summed E-state index contributed by atoms with van der Waals surface area (Å²) in [7, 11) is 1.66. The second-order valence-electron chi connectivity index (χ2n) is 7.28. The summed E-state index contributed by atoms with van der Waals surface area (Å²) in [6, 6.07) is 11.1. The third kappa shape index (κ3) is 3.91. The van der Waals surface area contributed by atoms with Crippen molar-refractivity contribution in [3.05, 3.63) is 70.9 Å². The number of carbonyl (C=O) groups excluding carboxylic acids is 1. The van der Waals surface area contributed by atoms with Crippen molar-refractivity contribution in [1.82, 2.24) is 14.9 Å². The normalized spacial score (nSPS) is 19.3. The molecular formula is C22H23N3O3. The molecule has 0 saturated heterocycles. The summed E-state index contributed by atoms with van der Waals surface area (Å²) < 4.78 is 7.70. The highest BCUT2D eigenvalue weighted by atomic mass is 16.5. The average Bonchev–Trinajstić information content (AvgIpc) is 2.72. The first-order valence-electron chi connectivity index (χ1n) is 9.57. The highest BCUT2D eigenvalue weighted by Gasteiger charge is 2.24. The molecule has 1 N–H and O–H groups in total. The number of nitrogens with one attached hydrogen (secondary N) is 1. The predicted molar refractivity (Wildman–Crippen MR) is 108 cm³/mol. The third-order valence-corrected chi connectivity index (χ3v) is 5.31. The molecule has 1 fully saturated rings. The Morgan fingerprint density at radius 2 is 2.00 bits per heavy atom. The van der Waals surface area contributed by atoms with Gasteiger partial charge in [-0.2, -0.15) is 0 Å². The fourth-order valence-corrected chi connectivity index (χ4v) is 3.66. The summed E-state index contributed by atoms with van der Waals surface area (Å²) in [5.74, 6) is 0.691. The van der Waals surface area contributed by atoms with Gasteiger partial charge in [-0.15, -0.1) is 0 Å². The van der Waals surface area contributed by atoms with Gasteiger partial charge in [-0.1, -0.05) is 12.1 Å². The summed E-state index contributed by atoms with van der Waals surface area (Å²) in [4.78, 5) is 28.3. The van der Waals surface area contributed by atoms with Crippen LogP contribution in [-0.4, -0.2) is 27.6 Å². The Hall–Kier alpha value is -3.15. The van der Waals surface area contributed by atoms with Gasteiger partial charge in [0.15, 0.2) is 0 Å². The zero-order chi connectivity index (χ0) is 19.5. The maximum atomic E-state index is 12.4. The Labute approximate surface area is 163 Å². The molecule has 1 aliphatic carbocycles. The van der Waals surface area contributed by atoms with Gasteiger partial charge in [-0.05, 0) is 43.9 Å². The monoisotopic (exact) mass is 377 g/mol. The highest BCUT2D eigenvalue weighted by Crippen LogP contribution is 2.29. The van der Waals surface area contributed by atoms with Crippen molar-refractivity contribution >= 4 is 16.7 Å². The van der Waals surface area contributed by atoms with Gasteiger partial charge in [0.25, 0.3) is 11.5 Å². The molecule has 1 aromatic carbocycles. The maximum absolute atomic E-state index is 12.4. The Balaban J connectivity index is 1.35. The Kier molecular flexibility index (Phi) is 5.10. The lowest BCUT2D eigenvalue weighted by Crippen LogP contribution is -2.40. The first-order valence-corrected chi connectivity index (χ1v) is 9.57. The molecule has 6 heteroatoms. The number of amides is 1. The van der Waals surface area contributed by atoms with Gasteiger partial charge in [0.05, 0.1) is 6.10 Å². The number of hydrogen-bond acceptors (Lipinski definition) is 4. The van der Waals surface area contributed by atoms with Gasteiger partial charge < -0.3 is 14.6 Å². The summed E-state index contributed by atoms with van der Waals surface area (Å²) in [6.45, 7) is 0. The number of nitrogens with zero attached hydrogens (tertiary/aromatic N) is 2. The molecule has 0 radical (unpaired) electrons. The summed E-state index contributed by atoms with van der Waals surface area (Å²) in [6.07, 6.45) is 8.83. The van der Waals surface area contributed by atoms with E-state index < -0.39 is 0 Å². The highest BCUT2D eigenvalue weighted by molar-refractivity contribution is 5.94. The van der Waals surface area contributed by atoms with Gasteiger partial charge in [-0.25, -0.2) is 0 Å². The molecule has 2 heterocycles. The van der Waals surface area contributed by atoms with Gasteiger partial charge in [0.2, 0.25) is 0 Å². The van der Waals surface area contributed by atoms with E-state index in [4.69, 9.17) is 4.74 Å². The molecule has 0 aliphatic heterocycles. The molecule has 1 aliphatic rings. The first kappa shape index (κ1) is 18.2. The lowest BCUT2D eigenvalue weighted by atomic mass is 9.92. The number of aromatic nitrogens is 2. The molecule has 1 saturated carbocycles. The van der Waals surface area contributed by atoms with E-state index in [2.05, 4.69) is 10.3 Å². The van der Waals surface area contributed by atoms with Gasteiger partial charge >= 0.3 is 0 Å². The number of hydrogen-bond donors (Lipinski definition) is 1. The quantitative estimate of drug-likeness (QED) is 0.758. The van der Waals surface area contributed by atoms with Crippen LogP contribution in [0.15, 0.2) is 59.8 Å². The number of pyridine rings is 2. The van der Waals surface area contributed by atoms with Gasteiger partial charge in [0, 0.05) is 54.1 Å². The SMILES string of the molecule is Cn1ccc(C(=O)NC2CCC(Oc3cccc4cnccc34)CC2)cc1=O. The van der Waals surface area contributed by atoms with Crippen LogP contribution < -0.4 is 15.6 Å². The molecule has 3 aromatic rings. The van der Waals surface area contributed by atoms with Crippen LogP contribution in [0.3, 0.4) is 0 Å². The van der Waals surface area contributed by atoms with Crippen LogP contribution in [0.2, 0.25) is 0 Å². The lowest BCUT2D eigenvalue weighted by Gasteiger charge is -2.30. The topological polar surface area (TPSA) is 73.2 Å². The van der Waals surface area contributed by atoms with E-state index in [1.54, 1.807) is 25.5 Å². The molecule has 144 valence electrons. The Morgan fingerprint density at radius 3 is 2.79 bits per heavy atom. The molecule has 1 amide bonds. The number of benzene rings is 1. The van der Waals surface area contributed by atoms with Crippen molar-refractivity contribution < 1.29 is 9.53 Å². The molecule has 6 nitrogen and oxygen atoms in total. The molecule has 0 unspecified atom stereocenters. The lowest BCUT2D eigenvalue weighted by molar-refractivity contribution is 0.0894. The molecule has 2 aromatic heterocycles. The van der Waals surface area contributed by atoms with Gasteiger partial charge in [-0.3, -0.25) is 14.6 Å². The molecule has 0 bridgehead atoms. The first-order chi connectivity index (χ1) is 13.6. The van der Waals surface area contributed by atoms with Crippen LogP contribution in [0.1, 0.15) is 36.0 Å². The van der Waals surface area contributed by atoms with E-state index in [1.165, 1.54) is 10.6 Å². The Bertz CT molecular complexity index is 1050. The molecular weight excluding hydrogens is 354 g/mol. The fraction of sp³-hybridized carbons (Fsp3) is 0.318. The van der Waals surface area contributed by atoms with E-state index in [9.17, 15) is 9.59 Å². The number of carbonyl (C=O) groups is 1. The van der Waals surface area contributed by atoms with Crippen LogP contribution in [0.5, 0.6) is 5.75 Å². The molecule has 4 rings (SSSR count). The second kappa shape index (κ2) is 7.84. The minimum absolute atomic E-state index is 0.105. The van der Waals surface area contributed by atoms with Crippen LogP contribution in [-0.2, 0) is 7.05 Å². The van der Waals surface area contributed by atoms with E-state index in [0.29, 0.717) is 5.56 Å². The van der Waals surface area contributed by atoms with Crippen molar-refractivity contribution in [2.75, 3.05) is 0 Å². The number of ether oxygens (including phenoxy) is 1. The standard InChI is InChI=1S/C22H23N3O3/c1-25-12-10-15(13-21(25)26)22(27)24-17-5-7-18(8-6-17)28-20-4-2-3-16-14-23-11-9-19(16)20/h2-4,9-14,17-18H,5-8H2,1H3,(H,24,27). The summed E-state index contributed by atoms with van der Waals surface area (Å²) >= 11 is 0. The van der Waals surface area contributed by atoms with Crippen LogP contribution in [0.25, 0.3) is 10.8 Å². The molecule has 0 atom stereocenters. The number of aryl methyl sites for hydroxylation is 1. The molecule has 0 spiro atoms. The Morgan fingerprint density at radius 1 is 1.18 bits per heavy atom. The minimum atomic E-state index is -0.191. The minimum Gasteiger partial charge on any atom is -0.490 e. The van der Waals surface area contributed by atoms with E-state index >= 15 is 0 Å². The zero-order valence-corrected chi connectivity index (χ0v) is 15.8. The zero-order valence-electron chi connectivity index (χ0n) is 15.8. The maximum Gasteiger partial charge on any atom is 0.251 e. The fourth-order valence-electron chi connectivity index (χ4n) is 3.66. The van der Waals surface area contributed by atoms with Gasteiger partial charge in [0.1, 0.15) is 5.75 Å². The van der Waals surface area contributed by atoms with E-state index in [-0.39, 0.29) is 23.6 Å². The van der Waals surface area contributed by atoms with Crippen molar-refractivity contribution in [1.29, 1.82) is 0 Å². The van der Waals surface area contributed by atoms with Crippen molar-refractivity contribution in [3.8, 4) is 5.75 Å². The van der Waals surface area contributed by atoms with Crippen LogP contribution >= 0.6 is 0 Å². The largest absolute Gasteiger partial charge is 0.490 e.